The van der Waals surface area contributed by atoms with Crippen molar-refractivity contribution < 1.29 is 13.5 Å². The SMILES string of the molecule is CC(O)CNCCNc1ccc(S(C)(=O)=O)cc1. The number of aliphatic hydroxyl groups is 1. The van der Waals surface area contributed by atoms with Crippen molar-refractivity contribution in [1.82, 2.24) is 5.32 Å². The average molecular weight is 272 g/mol. The van der Waals surface area contributed by atoms with E-state index < -0.39 is 9.84 Å². The summed E-state index contributed by atoms with van der Waals surface area (Å²) in [5.41, 5.74) is 0.876. The van der Waals surface area contributed by atoms with Crippen LogP contribution in [0, 0.1) is 0 Å². The molecule has 0 aliphatic heterocycles. The zero-order valence-electron chi connectivity index (χ0n) is 10.7. The Hall–Kier alpha value is -1.11. The van der Waals surface area contributed by atoms with Crippen molar-refractivity contribution in [3.63, 3.8) is 0 Å². The Labute approximate surface area is 108 Å². The molecule has 0 saturated carbocycles. The van der Waals surface area contributed by atoms with Gasteiger partial charge in [0.15, 0.2) is 9.84 Å². The van der Waals surface area contributed by atoms with Crippen LogP contribution in [0.5, 0.6) is 0 Å². The van der Waals surface area contributed by atoms with Gasteiger partial charge in [-0.05, 0) is 31.2 Å². The molecule has 0 aliphatic rings. The Balaban J connectivity index is 2.36. The molecule has 0 amide bonds. The summed E-state index contributed by atoms with van der Waals surface area (Å²) in [6.45, 7) is 3.74. The van der Waals surface area contributed by atoms with Gasteiger partial charge in [0.1, 0.15) is 0 Å². The molecule has 102 valence electrons. The maximum Gasteiger partial charge on any atom is 0.175 e. The van der Waals surface area contributed by atoms with Crippen molar-refractivity contribution in [2.45, 2.75) is 17.9 Å². The van der Waals surface area contributed by atoms with E-state index in [9.17, 15) is 8.42 Å². The summed E-state index contributed by atoms with van der Waals surface area (Å²) in [5.74, 6) is 0. The number of hydrogen-bond donors (Lipinski definition) is 3. The Bertz CT molecular complexity index is 455. The zero-order valence-corrected chi connectivity index (χ0v) is 11.5. The Morgan fingerprint density at radius 1 is 1.22 bits per heavy atom. The molecule has 1 unspecified atom stereocenters. The van der Waals surface area contributed by atoms with Crippen LogP contribution < -0.4 is 10.6 Å². The first-order valence-electron chi connectivity index (χ1n) is 5.82. The van der Waals surface area contributed by atoms with Crippen molar-refractivity contribution in [3.8, 4) is 0 Å². The molecule has 6 heteroatoms. The van der Waals surface area contributed by atoms with Gasteiger partial charge in [-0.25, -0.2) is 8.42 Å². The second-order valence-electron chi connectivity index (χ2n) is 4.28. The second-order valence-corrected chi connectivity index (χ2v) is 6.29. The fourth-order valence-electron chi connectivity index (χ4n) is 1.43. The Morgan fingerprint density at radius 3 is 2.33 bits per heavy atom. The Morgan fingerprint density at radius 2 is 1.83 bits per heavy atom. The summed E-state index contributed by atoms with van der Waals surface area (Å²) >= 11 is 0. The summed E-state index contributed by atoms with van der Waals surface area (Å²) in [6, 6.07) is 6.65. The molecule has 1 rings (SSSR count). The van der Waals surface area contributed by atoms with Crippen LogP contribution in [0.2, 0.25) is 0 Å². The van der Waals surface area contributed by atoms with Gasteiger partial charge in [0, 0.05) is 31.6 Å². The van der Waals surface area contributed by atoms with Gasteiger partial charge in [0.05, 0.1) is 11.0 Å². The van der Waals surface area contributed by atoms with Crippen LogP contribution in [0.4, 0.5) is 5.69 Å². The van der Waals surface area contributed by atoms with Crippen molar-refractivity contribution in [2.24, 2.45) is 0 Å². The number of sulfone groups is 1. The Kier molecular flexibility index (Phi) is 5.58. The lowest BCUT2D eigenvalue weighted by Crippen LogP contribution is -2.28. The third kappa shape index (κ3) is 5.48. The van der Waals surface area contributed by atoms with Crippen molar-refractivity contribution >= 4 is 15.5 Å². The smallest absolute Gasteiger partial charge is 0.175 e. The molecule has 0 radical (unpaired) electrons. The van der Waals surface area contributed by atoms with E-state index in [1.54, 1.807) is 31.2 Å². The third-order valence-electron chi connectivity index (χ3n) is 2.35. The molecule has 1 aromatic rings. The molecule has 1 atom stereocenters. The monoisotopic (exact) mass is 272 g/mol. The predicted molar refractivity (Wildman–Crippen MR) is 72.6 cm³/mol. The number of aliphatic hydroxyl groups excluding tert-OH is 1. The van der Waals surface area contributed by atoms with Crippen LogP contribution in [-0.4, -0.2) is 45.5 Å². The molecule has 0 spiro atoms. The topological polar surface area (TPSA) is 78.4 Å². The minimum Gasteiger partial charge on any atom is -0.392 e. The average Bonchev–Trinajstić information content (AvgIpc) is 2.27. The first kappa shape index (κ1) is 14.9. The molecule has 0 aromatic heterocycles. The first-order chi connectivity index (χ1) is 8.39. The van der Waals surface area contributed by atoms with Gasteiger partial charge in [-0.3, -0.25) is 0 Å². The lowest BCUT2D eigenvalue weighted by atomic mass is 10.3. The quantitative estimate of drug-likeness (QED) is 0.629. The van der Waals surface area contributed by atoms with Crippen molar-refractivity contribution in [2.75, 3.05) is 31.2 Å². The van der Waals surface area contributed by atoms with Crippen LogP contribution >= 0.6 is 0 Å². The van der Waals surface area contributed by atoms with Crippen molar-refractivity contribution in [3.05, 3.63) is 24.3 Å². The molecule has 0 heterocycles. The van der Waals surface area contributed by atoms with Gasteiger partial charge in [-0.15, -0.1) is 0 Å². The number of nitrogens with one attached hydrogen (secondary N) is 2. The molecular formula is C12H20N2O3S. The normalized spacial score (nSPS) is 13.3. The van der Waals surface area contributed by atoms with Crippen molar-refractivity contribution in [1.29, 1.82) is 0 Å². The van der Waals surface area contributed by atoms with Crippen LogP contribution in [0.25, 0.3) is 0 Å². The minimum absolute atomic E-state index is 0.320. The van der Waals surface area contributed by atoms with E-state index >= 15 is 0 Å². The van der Waals surface area contributed by atoms with Gasteiger partial charge in [0.25, 0.3) is 0 Å². The maximum absolute atomic E-state index is 11.3. The summed E-state index contributed by atoms with van der Waals surface area (Å²) in [7, 11) is -3.13. The number of rotatable bonds is 7. The zero-order chi connectivity index (χ0) is 13.6. The highest BCUT2D eigenvalue weighted by molar-refractivity contribution is 7.90. The number of anilines is 1. The largest absolute Gasteiger partial charge is 0.392 e. The van der Waals surface area contributed by atoms with E-state index in [4.69, 9.17) is 5.11 Å². The second kappa shape index (κ2) is 6.72. The maximum atomic E-state index is 11.3. The van der Waals surface area contributed by atoms with E-state index in [-0.39, 0.29) is 6.10 Å². The first-order valence-corrected chi connectivity index (χ1v) is 7.71. The summed E-state index contributed by atoms with van der Waals surface area (Å²) < 4.78 is 22.5. The number of hydrogen-bond acceptors (Lipinski definition) is 5. The molecule has 0 bridgehead atoms. The molecule has 18 heavy (non-hydrogen) atoms. The molecule has 0 saturated heterocycles. The summed E-state index contributed by atoms with van der Waals surface area (Å²) in [5, 5.41) is 15.3. The molecule has 1 aromatic carbocycles. The van der Waals surface area contributed by atoms with Crippen LogP contribution in [0.3, 0.4) is 0 Å². The highest BCUT2D eigenvalue weighted by Gasteiger charge is 2.05. The van der Waals surface area contributed by atoms with Gasteiger partial charge >= 0.3 is 0 Å². The third-order valence-corrected chi connectivity index (χ3v) is 3.48. The van der Waals surface area contributed by atoms with Gasteiger partial charge < -0.3 is 15.7 Å². The molecule has 5 nitrogen and oxygen atoms in total. The van der Waals surface area contributed by atoms with Crippen LogP contribution in [0.15, 0.2) is 29.2 Å². The molecule has 0 fully saturated rings. The fourth-order valence-corrected chi connectivity index (χ4v) is 2.06. The minimum atomic E-state index is -3.13. The fraction of sp³-hybridized carbons (Fsp3) is 0.500. The number of benzene rings is 1. The molecule has 0 aliphatic carbocycles. The summed E-state index contributed by atoms with van der Waals surface area (Å²) in [6.07, 6.45) is 0.842. The van der Waals surface area contributed by atoms with E-state index in [2.05, 4.69) is 10.6 Å². The van der Waals surface area contributed by atoms with Gasteiger partial charge in [0.2, 0.25) is 0 Å². The van der Waals surface area contributed by atoms with E-state index in [0.717, 1.165) is 12.2 Å². The van der Waals surface area contributed by atoms with Crippen LogP contribution in [0.1, 0.15) is 6.92 Å². The van der Waals surface area contributed by atoms with E-state index in [0.29, 0.717) is 18.0 Å². The van der Waals surface area contributed by atoms with Crippen LogP contribution in [-0.2, 0) is 9.84 Å². The summed E-state index contributed by atoms with van der Waals surface area (Å²) in [4.78, 5) is 0.320. The standard InChI is InChI=1S/C12H20N2O3S/c1-10(15)9-13-7-8-14-11-3-5-12(6-4-11)18(2,16)17/h3-6,10,13-15H,7-9H2,1-2H3. The lowest BCUT2D eigenvalue weighted by Gasteiger charge is -2.09. The highest BCUT2D eigenvalue weighted by Crippen LogP contribution is 2.13. The lowest BCUT2D eigenvalue weighted by molar-refractivity contribution is 0.192. The highest BCUT2D eigenvalue weighted by atomic mass is 32.2. The van der Waals surface area contributed by atoms with Gasteiger partial charge in [-0.1, -0.05) is 0 Å². The van der Waals surface area contributed by atoms with E-state index in [1.165, 1.54) is 6.26 Å². The molecule has 3 N–H and O–H groups in total. The van der Waals surface area contributed by atoms with E-state index in [1.807, 2.05) is 0 Å². The predicted octanol–water partition coefficient (Wildman–Crippen LogP) is 0.472. The van der Waals surface area contributed by atoms with Gasteiger partial charge in [-0.2, -0.15) is 0 Å². The molecular weight excluding hydrogens is 252 g/mol.